The van der Waals surface area contributed by atoms with Crippen molar-refractivity contribution in [1.29, 1.82) is 0 Å². The molecule has 0 bridgehead atoms. The van der Waals surface area contributed by atoms with Crippen LogP contribution in [0.1, 0.15) is 5.82 Å². The number of anilines is 3. The predicted molar refractivity (Wildman–Crippen MR) is 117 cm³/mol. The molecular weight excluding hydrogens is 380 g/mol. The zero-order valence-electron chi connectivity index (χ0n) is 17.0. The molecule has 3 aromatic rings. The molecule has 0 amide bonds. The van der Waals surface area contributed by atoms with Gasteiger partial charge in [0.2, 0.25) is 11.9 Å². The number of aromatic nitrogens is 3. The van der Waals surface area contributed by atoms with E-state index >= 15 is 0 Å². The molecule has 2 N–H and O–H groups in total. The van der Waals surface area contributed by atoms with E-state index in [2.05, 4.69) is 30.1 Å². The number of benzene rings is 2. The lowest BCUT2D eigenvalue weighted by molar-refractivity contribution is 0.188. The number of piperazine rings is 1. The van der Waals surface area contributed by atoms with Crippen LogP contribution in [-0.2, 0) is 0 Å². The summed E-state index contributed by atoms with van der Waals surface area (Å²) in [7, 11) is 0. The van der Waals surface area contributed by atoms with Gasteiger partial charge in [-0.2, -0.15) is 15.0 Å². The largest absolute Gasteiger partial charge is 0.457 e. The van der Waals surface area contributed by atoms with Crippen LogP contribution < -0.4 is 15.0 Å². The summed E-state index contributed by atoms with van der Waals surface area (Å²) in [5.74, 6) is 3.36. The molecular formula is C22H26N6O2. The van der Waals surface area contributed by atoms with Gasteiger partial charge in [0.15, 0.2) is 0 Å². The Bertz CT molecular complexity index is 961. The minimum absolute atomic E-state index is 0.186. The van der Waals surface area contributed by atoms with Crippen molar-refractivity contribution in [3.8, 4) is 11.5 Å². The number of aliphatic hydroxyl groups is 1. The van der Waals surface area contributed by atoms with E-state index in [0.717, 1.165) is 43.4 Å². The molecule has 8 heteroatoms. The third kappa shape index (κ3) is 5.22. The average Bonchev–Trinajstić information content (AvgIpc) is 2.75. The van der Waals surface area contributed by atoms with Gasteiger partial charge in [0.05, 0.1) is 6.61 Å². The van der Waals surface area contributed by atoms with Gasteiger partial charge in [-0.15, -0.1) is 0 Å². The van der Waals surface area contributed by atoms with E-state index in [-0.39, 0.29) is 6.61 Å². The third-order valence-electron chi connectivity index (χ3n) is 4.88. The zero-order chi connectivity index (χ0) is 20.8. The third-order valence-corrected chi connectivity index (χ3v) is 4.88. The first-order chi connectivity index (χ1) is 14.7. The Morgan fingerprint density at radius 2 is 1.70 bits per heavy atom. The van der Waals surface area contributed by atoms with Crippen LogP contribution in [0.25, 0.3) is 0 Å². The van der Waals surface area contributed by atoms with Gasteiger partial charge in [0, 0.05) is 44.5 Å². The molecule has 0 unspecified atom stereocenters. The van der Waals surface area contributed by atoms with Gasteiger partial charge in [-0.05, 0) is 31.2 Å². The number of β-amino-alcohol motifs (C(OH)–C–C–N with tert-alkyl or cyclic N) is 1. The highest BCUT2D eigenvalue weighted by molar-refractivity contribution is 5.57. The van der Waals surface area contributed by atoms with Gasteiger partial charge in [-0.1, -0.05) is 24.3 Å². The van der Waals surface area contributed by atoms with E-state index in [9.17, 15) is 0 Å². The molecule has 1 aliphatic heterocycles. The summed E-state index contributed by atoms with van der Waals surface area (Å²) in [4.78, 5) is 18.0. The first-order valence-corrected chi connectivity index (χ1v) is 10.1. The van der Waals surface area contributed by atoms with Gasteiger partial charge in [0.1, 0.15) is 17.3 Å². The monoisotopic (exact) mass is 406 g/mol. The van der Waals surface area contributed by atoms with Crippen molar-refractivity contribution in [3.05, 3.63) is 60.4 Å². The van der Waals surface area contributed by atoms with Crippen molar-refractivity contribution >= 4 is 17.6 Å². The van der Waals surface area contributed by atoms with Crippen LogP contribution >= 0.6 is 0 Å². The maximum absolute atomic E-state index is 9.11. The zero-order valence-corrected chi connectivity index (χ0v) is 17.0. The maximum atomic E-state index is 9.11. The number of rotatable bonds is 7. The summed E-state index contributed by atoms with van der Waals surface area (Å²) in [6, 6.07) is 17.4. The molecule has 30 heavy (non-hydrogen) atoms. The molecule has 2 heterocycles. The molecule has 0 radical (unpaired) electrons. The summed E-state index contributed by atoms with van der Waals surface area (Å²) in [5.41, 5.74) is 0.841. The quantitative estimate of drug-likeness (QED) is 0.619. The number of para-hydroxylation sites is 1. The second kappa shape index (κ2) is 9.51. The first-order valence-electron chi connectivity index (χ1n) is 10.1. The lowest BCUT2D eigenvalue weighted by Crippen LogP contribution is -2.47. The highest BCUT2D eigenvalue weighted by atomic mass is 16.5. The second-order valence-electron chi connectivity index (χ2n) is 7.13. The van der Waals surface area contributed by atoms with Gasteiger partial charge >= 0.3 is 0 Å². The molecule has 1 aliphatic rings. The van der Waals surface area contributed by atoms with E-state index in [1.54, 1.807) is 0 Å². The molecule has 156 valence electrons. The lowest BCUT2D eigenvalue weighted by atomic mass is 10.3. The molecule has 0 atom stereocenters. The van der Waals surface area contributed by atoms with Crippen LogP contribution in [0.15, 0.2) is 54.6 Å². The number of ether oxygens (including phenoxy) is 1. The Labute approximate surface area is 176 Å². The highest BCUT2D eigenvalue weighted by Gasteiger charge is 2.19. The Morgan fingerprint density at radius 3 is 2.47 bits per heavy atom. The maximum Gasteiger partial charge on any atom is 0.232 e. The number of aryl methyl sites for hydroxylation is 1. The molecule has 0 saturated carbocycles. The molecule has 1 aromatic heterocycles. The SMILES string of the molecule is Cc1nc(Nc2cccc(Oc3ccccc3)c2)nc(N2CCN(CCO)CC2)n1. The molecule has 4 rings (SSSR count). The number of nitrogens with one attached hydrogen (secondary N) is 1. The van der Waals surface area contributed by atoms with Gasteiger partial charge in [-0.3, -0.25) is 4.90 Å². The summed E-state index contributed by atoms with van der Waals surface area (Å²) < 4.78 is 5.91. The average molecular weight is 406 g/mol. The van der Waals surface area contributed by atoms with Gasteiger partial charge in [-0.25, -0.2) is 0 Å². The fourth-order valence-corrected chi connectivity index (χ4v) is 3.37. The van der Waals surface area contributed by atoms with Crippen LogP contribution in [-0.4, -0.2) is 64.3 Å². The van der Waals surface area contributed by atoms with E-state index in [4.69, 9.17) is 9.84 Å². The number of hydrogen-bond donors (Lipinski definition) is 2. The lowest BCUT2D eigenvalue weighted by Gasteiger charge is -2.34. The smallest absolute Gasteiger partial charge is 0.232 e. The molecule has 2 aromatic carbocycles. The predicted octanol–water partition coefficient (Wildman–Crippen LogP) is 2.83. The van der Waals surface area contributed by atoms with Crippen molar-refractivity contribution in [2.75, 3.05) is 49.5 Å². The molecule has 0 aliphatic carbocycles. The van der Waals surface area contributed by atoms with Gasteiger partial charge in [0.25, 0.3) is 0 Å². The van der Waals surface area contributed by atoms with Crippen LogP contribution in [0.2, 0.25) is 0 Å². The van der Waals surface area contributed by atoms with Crippen molar-refractivity contribution < 1.29 is 9.84 Å². The Morgan fingerprint density at radius 1 is 0.933 bits per heavy atom. The summed E-state index contributed by atoms with van der Waals surface area (Å²) in [5, 5.41) is 12.4. The number of aliphatic hydroxyl groups excluding tert-OH is 1. The van der Waals surface area contributed by atoms with Gasteiger partial charge < -0.3 is 20.1 Å². The van der Waals surface area contributed by atoms with Crippen LogP contribution in [0.3, 0.4) is 0 Å². The fourth-order valence-electron chi connectivity index (χ4n) is 3.37. The Kier molecular flexibility index (Phi) is 6.36. The standard InChI is InChI=1S/C22H26N6O2/c1-17-23-21(26-22(24-17)28-12-10-27(11-13-28)14-15-29)25-18-6-5-9-20(16-18)30-19-7-3-2-4-8-19/h2-9,16,29H,10-15H2,1H3,(H,23,24,25,26). The normalized spacial score (nSPS) is 14.5. The summed E-state index contributed by atoms with van der Waals surface area (Å²) in [6.07, 6.45) is 0. The van der Waals surface area contributed by atoms with E-state index in [1.165, 1.54) is 0 Å². The van der Waals surface area contributed by atoms with Crippen LogP contribution in [0.5, 0.6) is 11.5 Å². The Hall–Kier alpha value is -3.23. The van der Waals surface area contributed by atoms with Crippen LogP contribution in [0.4, 0.5) is 17.6 Å². The van der Waals surface area contributed by atoms with Crippen molar-refractivity contribution in [3.63, 3.8) is 0 Å². The number of hydrogen-bond acceptors (Lipinski definition) is 8. The summed E-state index contributed by atoms with van der Waals surface area (Å²) in [6.45, 7) is 6.17. The topological polar surface area (TPSA) is 86.6 Å². The second-order valence-corrected chi connectivity index (χ2v) is 7.13. The van der Waals surface area contributed by atoms with Crippen molar-refractivity contribution in [2.45, 2.75) is 6.92 Å². The van der Waals surface area contributed by atoms with E-state index in [1.807, 2.05) is 61.5 Å². The van der Waals surface area contributed by atoms with Crippen molar-refractivity contribution in [2.24, 2.45) is 0 Å². The fraction of sp³-hybridized carbons (Fsp3) is 0.318. The molecule has 1 fully saturated rings. The summed E-state index contributed by atoms with van der Waals surface area (Å²) >= 11 is 0. The molecule has 0 spiro atoms. The minimum Gasteiger partial charge on any atom is -0.457 e. The first kappa shape index (κ1) is 20.1. The van der Waals surface area contributed by atoms with Crippen LogP contribution in [0, 0.1) is 6.92 Å². The molecule has 8 nitrogen and oxygen atoms in total. The highest BCUT2D eigenvalue weighted by Crippen LogP contribution is 2.25. The van der Waals surface area contributed by atoms with E-state index in [0.29, 0.717) is 24.3 Å². The minimum atomic E-state index is 0.186. The Balaban J connectivity index is 1.45. The number of nitrogens with zero attached hydrogens (tertiary/aromatic N) is 5. The van der Waals surface area contributed by atoms with E-state index < -0.39 is 0 Å². The molecule has 1 saturated heterocycles. The van der Waals surface area contributed by atoms with Crippen molar-refractivity contribution in [1.82, 2.24) is 19.9 Å².